The predicted octanol–water partition coefficient (Wildman–Crippen LogP) is 3.11. The fourth-order valence-electron chi connectivity index (χ4n) is 1.98. The van der Waals surface area contributed by atoms with Gasteiger partial charge < -0.3 is 9.84 Å². The largest absolute Gasteiger partial charge is 0.385 e. The second kappa shape index (κ2) is 6.75. The predicted molar refractivity (Wildman–Crippen MR) is 75.4 cm³/mol. The minimum absolute atomic E-state index is 0.170. The minimum atomic E-state index is -0.739. The van der Waals surface area contributed by atoms with Crippen molar-refractivity contribution in [3.8, 4) is 12.3 Å². The van der Waals surface area contributed by atoms with Crippen LogP contribution in [-0.2, 0) is 4.74 Å². The molecule has 2 aromatic rings. The molecular formula is C17H16O2. The zero-order valence-electron chi connectivity index (χ0n) is 10.6. The Labute approximate surface area is 113 Å². The van der Waals surface area contributed by atoms with E-state index in [-0.39, 0.29) is 6.61 Å². The number of terminal acetylenes is 1. The zero-order valence-corrected chi connectivity index (χ0v) is 10.6. The lowest BCUT2D eigenvalue weighted by Crippen LogP contribution is -2.14. The van der Waals surface area contributed by atoms with E-state index in [1.54, 1.807) is 0 Å². The zero-order chi connectivity index (χ0) is 13.5. The molecule has 2 nitrogen and oxygen atoms in total. The summed E-state index contributed by atoms with van der Waals surface area (Å²) in [5.41, 5.74) is 1.72. The molecule has 2 rings (SSSR count). The maximum Gasteiger partial charge on any atom is 0.114 e. The van der Waals surface area contributed by atoms with Crippen LogP contribution in [0.3, 0.4) is 0 Å². The van der Waals surface area contributed by atoms with Crippen LogP contribution < -0.4 is 0 Å². The Morgan fingerprint density at radius 3 is 2.00 bits per heavy atom. The van der Waals surface area contributed by atoms with E-state index >= 15 is 0 Å². The van der Waals surface area contributed by atoms with E-state index in [1.807, 2.05) is 60.7 Å². The molecule has 0 aliphatic rings. The number of aliphatic hydroxyl groups excluding tert-OH is 1. The molecule has 0 aliphatic heterocycles. The van der Waals surface area contributed by atoms with E-state index < -0.39 is 12.2 Å². The van der Waals surface area contributed by atoms with Crippen LogP contribution in [0.25, 0.3) is 0 Å². The van der Waals surface area contributed by atoms with Crippen molar-refractivity contribution in [2.75, 3.05) is 6.61 Å². The Hall–Kier alpha value is -2.08. The summed E-state index contributed by atoms with van der Waals surface area (Å²) in [6, 6.07) is 19.1. The Kier molecular flexibility index (Phi) is 4.74. The fourth-order valence-corrected chi connectivity index (χ4v) is 1.98. The number of rotatable bonds is 5. The van der Waals surface area contributed by atoms with Crippen molar-refractivity contribution in [3.63, 3.8) is 0 Å². The molecule has 2 heteroatoms. The first-order valence-electron chi connectivity index (χ1n) is 6.16. The first kappa shape index (κ1) is 13.4. The highest BCUT2D eigenvalue weighted by molar-refractivity contribution is 5.25. The molecule has 0 aromatic heterocycles. The van der Waals surface area contributed by atoms with Crippen molar-refractivity contribution < 1.29 is 9.84 Å². The number of aliphatic hydroxyl groups is 1. The maximum atomic E-state index is 10.5. The number of ether oxygens (including phenoxy) is 1. The van der Waals surface area contributed by atoms with E-state index in [1.165, 1.54) is 0 Å². The molecule has 0 unspecified atom stereocenters. The van der Waals surface area contributed by atoms with Crippen molar-refractivity contribution in [2.45, 2.75) is 12.2 Å². The third-order valence-electron chi connectivity index (χ3n) is 2.90. The van der Waals surface area contributed by atoms with Crippen molar-refractivity contribution in [1.82, 2.24) is 0 Å². The van der Waals surface area contributed by atoms with Crippen LogP contribution >= 0.6 is 0 Å². The van der Waals surface area contributed by atoms with Crippen LogP contribution in [0.2, 0.25) is 0 Å². The van der Waals surface area contributed by atoms with Gasteiger partial charge in [0.1, 0.15) is 18.8 Å². The molecule has 0 saturated heterocycles. The number of hydrogen-bond acceptors (Lipinski definition) is 2. The standard InChI is InChI=1S/C17H16O2/c1-2-13-19-17(15-11-7-4-8-12-15)16(18)14-9-5-3-6-10-14/h1,3-12,16-18H,13H2/t16-,17-/m1/s1. The van der Waals surface area contributed by atoms with Gasteiger partial charge in [0.15, 0.2) is 0 Å². The summed E-state index contributed by atoms with van der Waals surface area (Å²) >= 11 is 0. The Bertz CT molecular complexity index is 528. The smallest absolute Gasteiger partial charge is 0.114 e. The van der Waals surface area contributed by atoms with Gasteiger partial charge in [-0.2, -0.15) is 0 Å². The molecule has 0 bridgehead atoms. The molecule has 2 atom stereocenters. The molecule has 2 aromatic carbocycles. The lowest BCUT2D eigenvalue weighted by Gasteiger charge is -2.23. The molecule has 0 aliphatic carbocycles. The van der Waals surface area contributed by atoms with Crippen LogP contribution in [0.15, 0.2) is 60.7 Å². The quantitative estimate of drug-likeness (QED) is 0.828. The van der Waals surface area contributed by atoms with E-state index in [9.17, 15) is 5.11 Å². The summed E-state index contributed by atoms with van der Waals surface area (Å²) in [4.78, 5) is 0. The van der Waals surface area contributed by atoms with Gasteiger partial charge in [0.05, 0.1) is 0 Å². The lowest BCUT2D eigenvalue weighted by molar-refractivity contribution is -0.0280. The highest BCUT2D eigenvalue weighted by Crippen LogP contribution is 2.31. The monoisotopic (exact) mass is 252 g/mol. The fraction of sp³-hybridized carbons (Fsp3) is 0.176. The topological polar surface area (TPSA) is 29.5 Å². The molecule has 0 amide bonds. The van der Waals surface area contributed by atoms with Crippen molar-refractivity contribution in [1.29, 1.82) is 0 Å². The molecule has 0 spiro atoms. The molecule has 1 N–H and O–H groups in total. The molecule has 96 valence electrons. The molecule has 0 heterocycles. The molecule has 0 fully saturated rings. The summed E-state index contributed by atoms with van der Waals surface area (Å²) in [5.74, 6) is 2.44. The highest BCUT2D eigenvalue weighted by atomic mass is 16.5. The number of hydrogen-bond donors (Lipinski definition) is 1. The Morgan fingerprint density at radius 1 is 0.947 bits per heavy atom. The van der Waals surface area contributed by atoms with Crippen LogP contribution in [0.5, 0.6) is 0 Å². The first-order valence-corrected chi connectivity index (χ1v) is 6.16. The van der Waals surface area contributed by atoms with Crippen LogP contribution in [-0.4, -0.2) is 11.7 Å². The molecule has 0 radical (unpaired) electrons. The van der Waals surface area contributed by atoms with Gasteiger partial charge >= 0.3 is 0 Å². The highest BCUT2D eigenvalue weighted by Gasteiger charge is 2.22. The second-order valence-corrected chi connectivity index (χ2v) is 4.20. The summed E-state index contributed by atoms with van der Waals surface area (Å²) in [6.07, 6.45) is 4.04. The average Bonchev–Trinajstić information content (AvgIpc) is 2.49. The van der Waals surface area contributed by atoms with E-state index in [4.69, 9.17) is 11.2 Å². The van der Waals surface area contributed by atoms with Crippen molar-refractivity contribution >= 4 is 0 Å². The normalized spacial score (nSPS) is 13.5. The molecule has 19 heavy (non-hydrogen) atoms. The number of benzene rings is 2. The van der Waals surface area contributed by atoms with Crippen molar-refractivity contribution in [2.24, 2.45) is 0 Å². The van der Waals surface area contributed by atoms with E-state index in [2.05, 4.69) is 5.92 Å². The minimum Gasteiger partial charge on any atom is -0.385 e. The van der Waals surface area contributed by atoms with Gasteiger partial charge in [0.2, 0.25) is 0 Å². The van der Waals surface area contributed by atoms with Gasteiger partial charge in [-0.1, -0.05) is 66.6 Å². The van der Waals surface area contributed by atoms with E-state index in [0.717, 1.165) is 11.1 Å². The van der Waals surface area contributed by atoms with Gasteiger partial charge in [0.25, 0.3) is 0 Å². The Morgan fingerprint density at radius 2 is 1.47 bits per heavy atom. The summed E-state index contributed by atoms with van der Waals surface area (Å²) in [6.45, 7) is 0.170. The lowest BCUT2D eigenvalue weighted by atomic mass is 9.98. The van der Waals surface area contributed by atoms with Gasteiger partial charge in [-0.3, -0.25) is 0 Å². The van der Waals surface area contributed by atoms with Crippen LogP contribution in [0.4, 0.5) is 0 Å². The molecular weight excluding hydrogens is 236 g/mol. The third-order valence-corrected chi connectivity index (χ3v) is 2.90. The Balaban J connectivity index is 2.26. The average molecular weight is 252 g/mol. The summed E-state index contributed by atoms with van der Waals surface area (Å²) < 4.78 is 5.61. The van der Waals surface area contributed by atoms with Gasteiger partial charge in [-0.05, 0) is 11.1 Å². The van der Waals surface area contributed by atoms with Gasteiger partial charge in [-0.25, -0.2) is 0 Å². The van der Waals surface area contributed by atoms with Crippen molar-refractivity contribution in [3.05, 3.63) is 71.8 Å². The van der Waals surface area contributed by atoms with E-state index in [0.29, 0.717) is 0 Å². The second-order valence-electron chi connectivity index (χ2n) is 4.20. The van der Waals surface area contributed by atoms with Gasteiger partial charge in [-0.15, -0.1) is 6.42 Å². The maximum absolute atomic E-state index is 10.5. The van der Waals surface area contributed by atoms with Crippen LogP contribution in [0, 0.1) is 12.3 Å². The first-order chi connectivity index (χ1) is 9.33. The summed E-state index contributed by atoms with van der Waals surface area (Å²) in [7, 11) is 0. The SMILES string of the molecule is C#CCO[C@H](c1ccccc1)[C@H](O)c1ccccc1. The third kappa shape index (κ3) is 3.45. The van der Waals surface area contributed by atoms with Crippen LogP contribution in [0.1, 0.15) is 23.3 Å². The van der Waals surface area contributed by atoms with Gasteiger partial charge in [0, 0.05) is 0 Å². The summed E-state index contributed by atoms with van der Waals surface area (Å²) in [5, 5.41) is 10.5. The molecule has 0 saturated carbocycles.